The lowest BCUT2D eigenvalue weighted by atomic mass is 10.1. The van der Waals surface area contributed by atoms with Crippen molar-refractivity contribution in [1.29, 1.82) is 0 Å². The molecule has 0 N–H and O–H groups in total. The maximum atomic E-state index is 12.9. The molecule has 1 saturated carbocycles. The van der Waals surface area contributed by atoms with Gasteiger partial charge in [-0.05, 0) is 55.5 Å². The second kappa shape index (κ2) is 8.05. The summed E-state index contributed by atoms with van der Waals surface area (Å²) >= 11 is 0. The van der Waals surface area contributed by atoms with Crippen LogP contribution in [0.3, 0.4) is 0 Å². The Morgan fingerprint density at radius 1 is 1.00 bits per heavy atom. The van der Waals surface area contributed by atoms with Gasteiger partial charge in [0.05, 0.1) is 0 Å². The molecule has 0 spiro atoms. The van der Waals surface area contributed by atoms with Crippen LogP contribution in [0, 0.1) is 5.92 Å². The quantitative estimate of drug-likeness (QED) is 0.767. The van der Waals surface area contributed by atoms with Crippen molar-refractivity contribution in [2.24, 2.45) is 5.92 Å². The summed E-state index contributed by atoms with van der Waals surface area (Å²) in [4.78, 5) is 28.9. The molecule has 1 aliphatic heterocycles. The van der Waals surface area contributed by atoms with E-state index in [0.29, 0.717) is 13.1 Å². The van der Waals surface area contributed by atoms with Crippen molar-refractivity contribution in [3.63, 3.8) is 0 Å². The van der Waals surface area contributed by atoms with Gasteiger partial charge in [0.2, 0.25) is 11.8 Å². The molecule has 28 heavy (non-hydrogen) atoms. The Hall–Kier alpha value is -2.82. The highest BCUT2D eigenvalue weighted by molar-refractivity contribution is 5.89. The highest BCUT2D eigenvalue weighted by Crippen LogP contribution is 2.34. The Labute approximate surface area is 165 Å². The summed E-state index contributed by atoms with van der Waals surface area (Å²) in [6.07, 6.45) is 3.63. The number of nitrogens with zero attached hydrogens (tertiary/aromatic N) is 2. The van der Waals surface area contributed by atoms with Gasteiger partial charge in [-0.3, -0.25) is 9.59 Å². The van der Waals surface area contributed by atoms with Crippen molar-refractivity contribution in [3.05, 3.63) is 60.2 Å². The zero-order valence-electron chi connectivity index (χ0n) is 16.2. The van der Waals surface area contributed by atoms with Crippen LogP contribution in [0.15, 0.2) is 54.6 Å². The Balaban J connectivity index is 1.35. The lowest BCUT2D eigenvalue weighted by Crippen LogP contribution is -2.46. The summed E-state index contributed by atoms with van der Waals surface area (Å²) in [7, 11) is 1.81. The third kappa shape index (κ3) is 4.19. The summed E-state index contributed by atoms with van der Waals surface area (Å²) < 4.78 is 5.81. The zero-order valence-corrected chi connectivity index (χ0v) is 16.2. The number of rotatable bonds is 6. The minimum Gasteiger partial charge on any atom is -0.457 e. The first kappa shape index (κ1) is 18.5. The fourth-order valence-electron chi connectivity index (χ4n) is 3.75. The van der Waals surface area contributed by atoms with E-state index in [4.69, 9.17) is 4.74 Å². The zero-order chi connectivity index (χ0) is 19.5. The molecule has 0 unspecified atom stereocenters. The molecule has 2 fully saturated rings. The molecular weight excluding hydrogens is 352 g/mol. The van der Waals surface area contributed by atoms with Gasteiger partial charge in [-0.15, -0.1) is 0 Å². The molecule has 2 amide bonds. The van der Waals surface area contributed by atoms with Crippen LogP contribution in [0.25, 0.3) is 0 Å². The molecule has 2 aromatic carbocycles. The van der Waals surface area contributed by atoms with Gasteiger partial charge < -0.3 is 14.5 Å². The molecule has 1 aliphatic carbocycles. The smallest absolute Gasteiger partial charge is 0.245 e. The number of likely N-dealkylation sites (N-methyl/N-ethyl adjacent to an activating group) is 1. The van der Waals surface area contributed by atoms with Crippen molar-refractivity contribution in [2.45, 2.75) is 38.3 Å². The molecule has 1 atom stereocenters. The van der Waals surface area contributed by atoms with Crippen LogP contribution in [0.2, 0.25) is 0 Å². The predicted octanol–water partition coefficient (Wildman–Crippen LogP) is 3.84. The van der Waals surface area contributed by atoms with Crippen molar-refractivity contribution in [3.8, 4) is 11.5 Å². The van der Waals surface area contributed by atoms with Crippen LogP contribution >= 0.6 is 0 Å². The summed E-state index contributed by atoms with van der Waals surface area (Å²) in [5.41, 5.74) is 1.04. The van der Waals surface area contributed by atoms with Gasteiger partial charge in [-0.2, -0.15) is 0 Å². The van der Waals surface area contributed by atoms with E-state index < -0.39 is 0 Å². The van der Waals surface area contributed by atoms with E-state index >= 15 is 0 Å². The summed E-state index contributed by atoms with van der Waals surface area (Å²) in [5, 5.41) is 0. The molecule has 4 rings (SSSR count). The van der Waals surface area contributed by atoms with E-state index in [1.807, 2.05) is 66.5 Å². The van der Waals surface area contributed by atoms with E-state index in [0.717, 1.165) is 42.7 Å². The topological polar surface area (TPSA) is 49.9 Å². The number of ether oxygens (including phenoxy) is 1. The first-order valence-corrected chi connectivity index (χ1v) is 9.99. The largest absolute Gasteiger partial charge is 0.457 e. The number of hydrogen-bond acceptors (Lipinski definition) is 3. The van der Waals surface area contributed by atoms with Gasteiger partial charge in [0.15, 0.2) is 0 Å². The predicted molar refractivity (Wildman–Crippen MR) is 107 cm³/mol. The van der Waals surface area contributed by atoms with Crippen LogP contribution in [0.1, 0.15) is 31.2 Å². The third-order valence-electron chi connectivity index (χ3n) is 5.45. The molecule has 5 heteroatoms. The second-order valence-corrected chi connectivity index (χ2v) is 7.72. The van der Waals surface area contributed by atoms with Crippen molar-refractivity contribution >= 4 is 11.8 Å². The number of para-hydroxylation sites is 1. The molecule has 146 valence electrons. The molecule has 1 saturated heterocycles. The molecule has 5 nitrogen and oxygen atoms in total. The summed E-state index contributed by atoms with van der Waals surface area (Å²) in [6.45, 7) is 1.23. The Bertz CT molecular complexity index is 831. The standard InChI is InChI=1S/C23H26N2O3/c1-24(23(27)21-8-5-15-25(21)22(26)18-11-12-18)16-17-9-13-20(14-10-17)28-19-6-3-2-4-7-19/h2-4,6-7,9-10,13-14,18,21H,5,8,11-12,15-16H2,1H3/t21-/m1/s1. The first-order chi connectivity index (χ1) is 13.6. The van der Waals surface area contributed by atoms with E-state index in [2.05, 4.69) is 0 Å². The normalized spacial score (nSPS) is 18.8. The number of hydrogen-bond donors (Lipinski definition) is 0. The maximum Gasteiger partial charge on any atom is 0.245 e. The van der Waals surface area contributed by atoms with E-state index in [9.17, 15) is 9.59 Å². The van der Waals surface area contributed by atoms with Crippen molar-refractivity contribution in [1.82, 2.24) is 9.80 Å². The molecule has 2 aromatic rings. The lowest BCUT2D eigenvalue weighted by molar-refractivity contribution is -0.144. The Kier molecular flexibility index (Phi) is 5.33. The first-order valence-electron chi connectivity index (χ1n) is 9.99. The van der Waals surface area contributed by atoms with Crippen molar-refractivity contribution in [2.75, 3.05) is 13.6 Å². The third-order valence-corrected chi connectivity index (χ3v) is 5.45. The second-order valence-electron chi connectivity index (χ2n) is 7.72. The van der Waals surface area contributed by atoms with Gasteiger partial charge in [0, 0.05) is 26.1 Å². The van der Waals surface area contributed by atoms with Crippen LogP contribution in [0.4, 0.5) is 0 Å². The van der Waals surface area contributed by atoms with Crippen molar-refractivity contribution < 1.29 is 14.3 Å². The molecule has 0 radical (unpaired) electrons. The summed E-state index contributed by atoms with van der Waals surface area (Å²) in [5.74, 6) is 1.93. The number of amides is 2. The van der Waals surface area contributed by atoms with Gasteiger partial charge in [-0.1, -0.05) is 30.3 Å². The average Bonchev–Trinajstić information content (AvgIpc) is 3.45. The minimum absolute atomic E-state index is 0.0381. The van der Waals surface area contributed by atoms with Gasteiger partial charge in [0.25, 0.3) is 0 Å². The Morgan fingerprint density at radius 2 is 1.68 bits per heavy atom. The van der Waals surface area contributed by atoms with Crippen LogP contribution in [0.5, 0.6) is 11.5 Å². The van der Waals surface area contributed by atoms with Gasteiger partial charge in [0.1, 0.15) is 17.5 Å². The highest BCUT2D eigenvalue weighted by atomic mass is 16.5. The van der Waals surface area contributed by atoms with E-state index in [-0.39, 0.29) is 23.8 Å². The average molecular weight is 378 g/mol. The highest BCUT2D eigenvalue weighted by Gasteiger charge is 2.41. The van der Waals surface area contributed by atoms with Crippen LogP contribution in [-0.4, -0.2) is 41.2 Å². The van der Waals surface area contributed by atoms with Crippen LogP contribution in [-0.2, 0) is 16.1 Å². The number of likely N-dealkylation sites (tertiary alicyclic amines) is 1. The monoisotopic (exact) mass is 378 g/mol. The fourth-order valence-corrected chi connectivity index (χ4v) is 3.75. The molecule has 0 bridgehead atoms. The molecule has 2 aliphatic rings. The SMILES string of the molecule is CN(Cc1ccc(Oc2ccccc2)cc1)C(=O)[C@H]1CCCN1C(=O)C1CC1. The number of carbonyl (C=O) groups excluding carboxylic acids is 2. The number of carbonyl (C=O) groups is 2. The molecule has 0 aromatic heterocycles. The lowest BCUT2D eigenvalue weighted by Gasteiger charge is -2.28. The van der Waals surface area contributed by atoms with Gasteiger partial charge in [-0.25, -0.2) is 0 Å². The minimum atomic E-state index is -0.293. The summed E-state index contributed by atoms with van der Waals surface area (Å²) in [6, 6.07) is 17.1. The van der Waals surface area contributed by atoms with E-state index in [1.54, 1.807) is 4.90 Å². The number of benzene rings is 2. The Morgan fingerprint density at radius 3 is 2.36 bits per heavy atom. The van der Waals surface area contributed by atoms with E-state index in [1.165, 1.54) is 0 Å². The maximum absolute atomic E-state index is 12.9. The van der Waals surface area contributed by atoms with Crippen LogP contribution < -0.4 is 4.74 Å². The fraction of sp³-hybridized carbons (Fsp3) is 0.391. The van der Waals surface area contributed by atoms with Gasteiger partial charge >= 0.3 is 0 Å². The molecule has 1 heterocycles. The molecular formula is C23H26N2O3.